The molecule has 1 heterocycles. The fraction of sp³-hybridized carbons (Fsp3) is 0.167. The molecule has 8 heavy (non-hydrogen) atoms. The van der Waals surface area contributed by atoms with Gasteiger partial charge in [-0.3, -0.25) is 0 Å². The highest BCUT2D eigenvalue weighted by Gasteiger charge is 1.84. The average Bonchev–Trinajstić information content (AvgIpc) is 2.19. The lowest BCUT2D eigenvalue weighted by atomic mass is 10.5. The van der Waals surface area contributed by atoms with E-state index in [9.17, 15) is 0 Å². The van der Waals surface area contributed by atoms with Gasteiger partial charge in [0.1, 0.15) is 0 Å². The van der Waals surface area contributed by atoms with Crippen molar-refractivity contribution in [3.63, 3.8) is 0 Å². The lowest BCUT2D eigenvalue weighted by Crippen LogP contribution is -1.59. The monoisotopic (exact) mass is 107 g/mol. The number of hydrogen-bond acceptors (Lipinski definition) is 2. The predicted octanol–water partition coefficient (Wildman–Crippen LogP) is 1.05. The zero-order chi connectivity index (χ0) is 5.82. The summed E-state index contributed by atoms with van der Waals surface area (Å²) in [5.74, 6) is 6.01. The highest BCUT2D eigenvalue weighted by molar-refractivity contribution is 5.21. The van der Waals surface area contributed by atoms with Gasteiger partial charge >= 0.3 is 0 Å². The molecule has 1 rings (SSSR count). The summed E-state index contributed by atoms with van der Waals surface area (Å²) < 4.78 is 4.65. The molecule has 0 fully saturated rings. The quantitative estimate of drug-likeness (QED) is 0.463. The van der Waals surface area contributed by atoms with Crippen molar-refractivity contribution in [3.8, 4) is 11.8 Å². The number of nitrogens with zero attached hydrogens (tertiary/aromatic N) is 1. The van der Waals surface area contributed by atoms with Gasteiger partial charge in [0.05, 0.1) is 6.20 Å². The lowest BCUT2D eigenvalue weighted by Gasteiger charge is -1.68. The van der Waals surface area contributed by atoms with Crippen molar-refractivity contribution in [1.82, 2.24) is 5.16 Å². The molecule has 0 saturated carbocycles. The van der Waals surface area contributed by atoms with Gasteiger partial charge < -0.3 is 4.52 Å². The summed E-state index contributed by atoms with van der Waals surface area (Å²) in [6.07, 6.45) is 1.57. The van der Waals surface area contributed by atoms with Crippen LogP contribution in [0.2, 0.25) is 0 Å². The molecule has 0 radical (unpaired) electrons. The highest BCUT2D eigenvalue weighted by atomic mass is 16.5. The predicted molar refractivity (Wildman–Crippen MR) is 29.1 cm³/mol. The SMILES string of the molecule is CC#Cc1ccno1. The van der Waals surface area contributed by atoms with Crippen molar-refractivity contribution < 1.29 is 4.52 Å². The first-order valence-corrected chi connectivity index (χ1v) is 2.27. The van der Waals surface area contributed by atoms with Crippen molar-refractivity contribution in [3.05, 3.63) is 18.0 Å². The maximum atomic E-state index is 4.65. The summed E-state index contributed by atoms with van der Waals surface area (Å²) in [5, 5.41) is 3.46. The van der Waals surface area contributed by atoms with E-state index in [2.05, 4.69) is 21.5 Å². The molecule has 0 aliphatic heterocycles. The van der Waals surface area contributed by atoms with Crippen molar-refractivity contribution >= 4 is 0 Å². The van der Waals surface area contributed by atoms with E-state index in [1.165, 1.54) is 0 Å². The van der Waals surface area contributed by atoms with Gasteiger partial charge in [-0.25, -0.2) is 0 Å². The molecule has 40 valence electrons. The Morgan fingerprint density at radius 1 is 1.75 bits per heavy atom. The second-order valence-corrected chi connectivity index (χ2v) is 1.25. The van der Waals surface area contributed by atoms with Gasteiger partial charge in [-0.05, 0) is 12.8 Å². The second-order valence-electron chi connectivity index (χ2n) is 1.25. The molecular weight excluding hydrogens is 102 g/mol. The molecular formula is C6H5NO. The molecule has 0 unspecified atom stereocenters. The third-order valence-corrected chi connectivity index (χ3v) is 0.686. The Hall–Kier alpha value is -1.23. The van der Waals surface area contributed by atoms with Crippen molar-refractivity contribution in [1.29, 1.82) is 0 Å². The van der Waals surface area contributed by atoms with E-state index < -0.39 is 0 Å². The zero-order valence-corrected chi connectivity index (χ0v) is 4.51. The van der Waals surface area contributed by atoms with E-state index in [1.54, 1.807) is 19.2 Å². The molecule has 0 aromatic carbocycles. The fourth-order valence-electron chi connectivity index (χ4n) is 0.403. The summed E-state index contributed by atoms with van der Waals surface area (Å²) in [7, 11) is 0. The van der Waals surface area contributed by atoms with Crippen LogP contribution in [-0.2, 0) is 0 Å². The molecule has 0 amide bonds. The first-order valence-electron chi connectivity index (χ1n) is 2.27. The molecule has 2 heteroatoms. The number of hydrogen-bond donors (Lipinski definition) is 0. The molecule has 0 aliphatic carbocycles. The molecule has 1 aromatic heterocycles. The van der Waals surface area contributed by atoms with Gasteiger partial charge in [0, 0.05) is 6.07 Å². The van der Waals surface area contributed by atoms with Crippen LogP contribution in [0.4, 0.5) is 0 Å². The minimum atomic E-state index is 0.618. The Bertz CT molecular complexity index is 202. The van der Waals surface area contributed by atoms with Crippen LogP contribution in [0, 0.1) is 11.8 Å². The zero-order valence-electron chi connectivity index (χ0n) is 4.51. The van der Waals surface area contributed by atoms with Gasteiger partial charge in [0.2, 0.25) is 5.76 Å². The van der Waals surface area contributed by atoms with Crippen LogP contribution in [0.25, 0.3) is 0 Å². The minimum absolute atomic E-state index is 0.618. The van der Waals surface area contributed by atoms with E-state index in [4.69, 9.17) is 0 Å². The summed E-state index contributed by atoms with van der Waals surface area (Å²) in [5.41, 5.74) is 0. The maximum Gasteiger partial charge on any atom is 0.209 e. The normalized spacial score (nSPS) is 7.62. The van der Waals surface area contributed by atoms with Crippen LogP contribution in [0.3, 0.4) is 0 Å². The molecule has 0 bridgehead atoms. The Morgan fingerprint density at radius 3 is 3.12 bits per heavy atom. The Morgan fingerprint density at radius 2 is 2.62 bits per heavy atom. The van der Waals surface area contributed by atoms with Crippen LogP contribution in [0.5, 0.6) is 0 Å². The van der Waals surface area contributed by atoms with Crippen molar-refractivity contribution in [2.24, 2.45) is 0 Å². The van der Waals surface area contributed by atoms with Crippen molar-refractivity contribution in [2.45, 2.75) is 6.92 Å². The second kappa shape index (κ2) is 2.17. The first kappa shape index (κ1) is 4.92. The van der Waals surface area contributed by atoms with Crippen LogP contribution in [-0.4, -0.2) is 5.16 Å². The number of rotatable bonds is 0. The molecule has 0 aliphatic rings. The van der Waals surface area contributed by atoms with Gasteiger partial charge in [0.15, 0.2) is 0 Å². The molecule has 0 spiro atoms. The maximum absolute atomic E-state index is 4.65. The fourth-order valence-corrected chi connectivity index (χ4v) is 0.403. The summed E-state index contributed by atoms with van der Waals surface area (Å²) in [6, 6.07) is 1.72. The lowest BCUT2D eigenvalue weighted by molar-refractivity contribution is 0.411. The van der Waals surface area contributed by atoms with Crippen LogP contribution in [0.15, 0.2) is 16.8 Å². The largest absolute Gasteiger partial charge is 0.348 e. The van der Waals surface area contributed by atoms with Crippen LogP contribution >= 0.6 is 0 Å². The standard InChI is InChI=1S/C6H5NO/c1-2-3-6-4-5-7-8-6/h4-5H,1H3. The molecule has 0 atom stereocenters. The van der Waals surface area contributed by atoms with E-state index in [0.29, 0.717) is 5.76 Å². The van der Waals surface area contributed by atoms with Crippen LogP contribution < -0.4 is 0 Å². The third kappa shape index (κ3) is 0.881. The van der Waals surface area contributed by atoms with Crippen molar-refractivity contribution in [2.75, 3.05) is 0 Å². The molecule has 0 N–H and O–H groups in total. The molecule has 1 aromatic rings. The van der Waals surface area contributed by atoms with Gasteiger partial charge in [-0.2, -0.15) is 0 Å². The third-order valence-electron chi connectivity index (χ3n) is 0.686. The summed E-state index contributed by atoms with van der Waals surface area (Å²) in [4.78, 5) is 0. The van der Waals surface area contributed by atoms with E-state index in [-0.39, 0.29) is 0 Å². The average molecular weight is 107 g/mol. The van der Waals surface area contributed by atoms with E-state index in [1.807, 2.05) is 0 Å². The smallest absolute Gasteiger partial charge is 0.209 e. The summed E-state index contributed by atoms with van der Waals surface area (Å²) >= 11 is 0. The number of aromatic nitrogens is 1. The molecule has 2 nitrogen and oxygen atoms in total. The van der Waals surface area contributed by atoms with E-state index in [0.717, 1.165) is 0 Å². The minimum Gasteiger partial charge on any atom is -0.348 e. The Labute approximate surface area is 47.5 Å². The Kier molecular flexibility index (Phi) is 1.34. The van der Waals surface area contributed by atoms with Crippen LogP contribution in [0.1, 0.15) is 12.7 Å². The first-order chi connectivity index (χ1) is 3.93. The van der Waals surface area contributed by atoms with Gasteiger partial charge in [0.25, 0.3) is 0 Å². The van der Waals surface area contributed by atoms with E-state index >= 15 is 0 Å². The topological polar surface area (TPSA) is 26.0 Å². The summed E-state index contributed by atoms with van der Waals surface area (Å²) in [6.45, 7) is 1.75. The van der Waals surface area contributed by atoms with Gasteiger partial charge in [-0.1, -0.05) is 11.1 Å². The molecule has 0 saturated heterocycles. The highest BCUT2D eigenvalue weighted by Crippen LogP contribution is 1.90. The Balaban J connectivity index is 2.88. The van der Waals surface area contributed by atoms with Gasteiger partial charge in [-0.15, -0.1) is 0 Å².